The minimum Gasteiger partial charge on any atom is -0.302 e. The van der Waals surface area contributed by atoms with Gasteiger partial charge < -0.3 is 5.32 Å². The van der Waals surface area contributed by atoms with Crippen LogP contribution in [0.3, 0.4) is 0 Å². The standard InChI is InChI=1S/C9H13N3OS2/c13-8(11-9-10-2-5-15-9)1-3-12-4-6-14-7-12/h2,5H,1,3-4,6-7H2,(H,10,11,13). The Morgan fingerprint density at radius 1 is 1.67 bits per heavy atom. The molecule has 0 spiro atoms. The molecule has 1 saturated heterocycles. The summed E-state index contributed by atoms with van der Waals surface area (Å²) in [7, 11) is 0. The van der Waals surface area contributed by atoms with E-state index in [0.29, 0.717) is 11.6 Å². The number of carbonyl (C=O) groups excluding carboxylic acids is 1. The third-order valence-electron chi connectivity index (χ3n) is 2.16. The third-order valence-corrected chi connectivity index (χ3v) is 3.87. The molecule has 0 atom stereocenters. The largest absolute Gasteiger partial charge is 0.302 e. The number of carbonyl (C=O) groups is 1. The van der Waals surface area contributed by atoms with Crippen LogP contribution < -0.4 is 5.32 Å². The van der Waals surface area contributed by atoms with Gasteiger partial charge in [-0.2, -0.15) is 0 Å². The second kappa shape index (κ2) is 5.48. The molecule has 1 aromatic rings. The predicted octanol–water partition coefficient (Wildman–Crippen LogP) is 1.48. The summed E-state index contributed by atoms with van der Waals surface area (Å²) < 4.78 is 0. The zero-order valence-electron chi connectivity index (χ0n) is 8.31. The van der Waals surface area contributed by atoms with Crippen molar-refractivity contribution in [3.05, 3.63) is 11.6 Å². The third kappa shape index (κ3) is 3.48. The van der Waals surface area contributed by atoms with E-state index in [1.807, 2.05) is 17.1 Å². The molecule has 0 unspecified atom stereocenters. The molecule has 2 rings (SSSR count). The van der Waals surface area contributed by atoms with Crippen LogP contribution in [0.2, 0.25) is 0 Å². The van der Waals surface area contributed by atoms with Gasteiger partial charge in [-0.1, -0.05) is 0 Å². The maximum absolute atomic E-state index is 11.5. The highest BCUT2D eigenvalue weighted by Crippen LogP contribution is 2.14. The molecular formula is C9H13N3OS2. The molecule has 1 aliphatic heterocycles. The van der Waals surface area contributed by atoms with Gasteiger partial charge in [0.25, 0.3) is 0 Å². The molecule has 0 aliphatic carbocycles. The number of nitrogens with one attached hydrogen (secondary N) is 1. The zero-order valence-corrected chi connectivity index (χ0v) is 9.94. The van der Waals surface area contributed by atoms with Crippen molar-refractivity contribution in [1.82, 2.24) is 9.88 Å². The minimum atomic E-state index is 0.0573. The van der Waals surface area contributed by atoms with E-state index in [1.54, 1.807) is 6.20 Å². The van der Waals surface area contributed by atoms with Crippen molar-refractivity contribution in [3.8, 4) is 0 Å². The number of amides is 1. The second-order valence-corrected chi connectivity index (χ2v) is 5.26. The normalized spacial score (nSPS) is 16.8. The number of aromatic nitrogens is 1. The van der Waals surface area contributed by atoms with Crippen LogP contribution in [0.25, 0.3) is 0 Å². The Kier molecular flexibility index (Phi) is 3.99. The Balaban J connectivity index is 1.68. The molecule has 2 heterocycles. The summed E-state index contributed by atoms with van der Waals surface area (Å²) in [6, 6.07) is 0. The van der Waals surface area contributed by atoms with E-state index in [-0.39, 0.29) is 5.91 Å². The van der Waals surface area contributed by atoms with Crippen molar-refractivity contribution >= 4 is 34.1 Å². The van der Waals surface area contributed by atoms with E-state index in [2.05, 4.69) is 15.2 Å². The average Bonchev–Trinajstić information content (AvgIpc) is 2.86. The maximum Gasteiger partial charge on any atom is 0.227 e. The van der Waals surface area contributed by atoms with Gasteiger partial charge in [0.05, 0.1) is 0 Å². The lowest BCUT2D eigenvalue weighted by Gasteiger charge is -2.12. The molecule has 0 bridgehead atoms. The average molecular weight is 243 g/mol. The van der Waals surface area contributed by atoms with Gasteiger partial charge in [-0.25, -0.2) is 4.98 Å². The highest BCUT2D eigenvalue weighted by atomic mass is 32.2. The summed E-state index contributed by atoms with van der Waals surface area (Å²) in [6.07, 6.45) is 2.25. The first-order chi connectivity index (χ1) is 7.34. The van der Waals surface area contributed by atoms with E-state index < -0.39 is 0 Å². The Morgan fingerprint density at radius 2 is 2.60 bits per heavy atom. The molecule has 1 aromatic heterocycles. The van der Waals surface area contributed by atoms with Crippen LogP contribution in [-0.2, 0) is 4.79 Å². The summed E-state index contributed by atoms with van der Waals surface area (Å²) >= 11 is 3.37. The summed E-state index contributed by atoms with van der Waals surface area (Å²) in [5.74, 6) is 2.31. The molecule has 1 N–H and O–H groups in total. The molecule has 1 fully saturated rings. The molecule has 1 amide bonds. The number of anilines is 1. The first-order valence-electron chi connectivity index (χ1n) is 4.84. The Bertz CT molecular complexity index is 309. The molecule has 0 aromatic carbocycles. The molecule has 1 aliphatic rings. The number of hydrogen-bond donors (Lipinski definition) is 1. The van der Waals surface area contributed by atoms with Crippen molar-refractivity contribution in [2.45, 2.75) is 6.42 Å². The number of rotatable bonds is 4. The quantitative estimate of drug-likeness (QED) is 0.870. The minimum absolute atomic E-state index is 0.0573. The smallest absolute Gasteiger partial charge is 0.227 e. The molecule has 4 nitrogen and oxygen atoms in total. The monoisotopic (exact) mass is 243 g/mol. The van der Waals surface area contributed by atoms with Gasteiger partial charge in [-0.15, -0.1) is 23.1 Å². The van der Waals surface area contributed by atoms with Crippen LogP contribution in [0.1, 0.15) is 6.42 Å². The summed E-state index contributed by atoms with van der Waals surface area (Å²) in [5.41, 5.74) is 0. The lowest BCUT2D eigenvalue weighted by atomic mass is 10.4. The lowest BCUT2D eigenvalue weighted by Crippen LogP contribution is -2.25. The van der Waals surface area contributed by atoms with Gasteiger partial charge in [0.1, 0.15) is 0 Å². The van der Waals surface area contributed by atoms with Crippen LogP contribution in [-0.4, -0.2) is 40.5 Å². The van der Waals surface area contributed by atoms with E-state index >= 15 is 0 Å². The second-order valence-electron chi connectivity index (χ2n) is 3.29. The SMILES string of the molecule is O=C(CCN1CCSC1)Nc1nccs1. The fourth-order valence-electron chi connectivity index (χ4n) is 1.35. The fourth-order valence-corrected chi connectivity index (χ4v) is 2.93. The van der Waals surface area contributed by atoms with Gasteiger partial charge in [0, 0.05) is 42.7 Å². The van der Waals surface area contributed by atoms with Gasteiger partial charge in [0.15, 0.2) is 5.13 Å². The van der Waals surface area contributed by atoms with Crippen LogP contribution in [0.5, 0.6) is 0 Å². The maximum atomic E-state index is 11.5. The molecular weight excluding hydrogens is 230 g/mol. The molecule has 6 heteroatoms. The van der Waals surface area contributed by atoms with Crippen molar-refractivity contribution in [3.63, 3.8) is 0 Å². The molecule has 15 heavy (non-hydrogen) atoms. The highest BCUT2D eigenvalue weighted by molar-refractivity contribution is 7.99. The van der Waals surface area contributed by atoms with Gasteiger partial charge in [-0.05, 0) is 0 Å². The van der Waals surface area contributed by atoms with Gasteiger partial charge in [0.2, 0.25) is 5.91 Å². The lowest BCUT2D eigenvalue weighted by molar-refractivity contribution is -0.116. The topological polar surface area (TPSA) is 45.2 Å². The van der Waals surface area contributed by atoms with Crippen molar-refractivity contribution in [2.24, 2.45) is 0 Å². The summed E-state index contributed by atoms with van der Waals surface area (Å²) in [4.78, 5) is 17.8. The number of nitrogens with zero attached hydrogens (tertiary/aromatic N) is 2. The summed E-state index contributed by atoms with van der Waals surface area (Å²) in [5, 5.41) is 5.33. The van der Waals surface area contributed by atoms with E-state index in [0.717, 1.165) is 19.0 Å². The number of hydrogen-bond acceptors (Lipinski definition) is 5. The first kappa shape index (κ1) is 10.9. The van der Waals surface area contributed by atoms with E-state index in [4.69, 9.17) is 0 Å². The Labute approximate surface area is 97.1 Å². The van der Waals surface area contributed by atoms with Crippen LogP contribution in [0, 0.1) is 0 Å². The number of thiazole rings is 1. The Morgan fingerprint density at radius 3 is 3.27 bits per heavy atom. The molecule has 0 saturated carbocycles. The molecule has 82 valence electrons. The van der Waals surface area contributed by atoms with Gasteiger partial charge >= 0.3 is 0 Å². The van der Waals surface area contributed by atoms with Gasteiger partial charge in [-0.3, -0.25) is 9.69 Å². The predicted molar refractivity (Wildman–Crippen MR) is 64.3 cm³/mol. The van der Waals surface area contributed by atoms with Crippen molar-refractivity contribution < 1.29 is 4.79 Å². The molecule has 0 radical (unpaired) electrons. The van der Waals surface area contributed by atoms with Crippen LogP contribution >= 0.6 is 23.1 Å². The van der Waals surface area contributed by atoms with E-state index in [9.17, 15) is 4.79 Å². The zero-order chi connectivity index (χ0) is 10.5. The van der Waals surface area contributed by atoms with E-state index in [1.165, 1.54) is 17.1 Å². The Hall–Kier alpha value is -0.590. The fraction of sp³-hybridized carbons (Fsp3) is 0.556. The van der Waals surface area contributed by atoms with Crippen molar-refractivity contribution in [1.29, 1.82) is 0 Å². The highest BCUT2D eigenvalue weighted by Gasteiger charge is 2.13. The van der Waals surface area contributed by atoms with Crippen LogP contribution in [0.15, 0.2) is 11.6 Å². The summed E-state index contributed by atoms with van der Waals surface area (Å²) in [6.45, 7) is 1.96. The first-order valence-corrected chi connectivity index (χ1v) is 6.87. The number of thioether (sulfide) groups is 1. The van der Waals surface area contributed by atoms with Crippen molar-refractivity contribution in [2.75, 3.05) is 30.0 Å². The van der Waals surface area contributed by atoms with Crippen LogP contribution in [0.4, 0.5) is 5.13 Å².